The first-order chi connectivity index (χ1) is 8.99. The van der Waals surface area contributed by atoms with E-state index in [1.165, 1.54) is 37.5 Å². The van der Waals surface area contributed by atoms with E-state index in [0.717, 1.165) is 12.1 Å². The normalized spacial score (nSPS) is 13.6. The molecule has 0 aliphatic rings. The predicted octanol–water partition coefficient (Wildman–Crippen LogP) is 2.79. The van der Waals surface area contributed by atoms with E-state index in [1.54, 1.807) is 6.07 Å². The van der Waals surface area contributed by atoms with Crippen molar-refractivity contribution in [1.29, 1.82) is 0 Å². The van der Waals surface area contributed by atoms with Gasteiger partial charge in [-0.3, -0.25) is 9.78 Å². The van der Waals surface area contributed by atoms with Crippen LogP contribution in [-0.2, 0) is 5.79 Å². The van der Waals surface area contributed by atoms with Crippen LogP contribution in [0.5, 0.6) is 0 Å². The van der Waals surface area contributed by atoms with E-state index in [4.69, 9.17) is 0 Å². The Labute approximate surface area is 109 Å². The van der Waals surface area contributed by atoms with Crippen LogP contribution in [0.1, 0.15) is 22.8 Å². The molecule has 2 rings (SSSR count). The van der Waals surface area contributed by atoms with Crippen molar-refractivity contribution in [2.45, 2.75) is 12.7 Å². The molecule has 0 aliphatic heterocycles. The number of nitrogens with zero attached hydrogens (tertiary/aromatic N) is 1. The van der Waals surface area contributed by atoms with Gasteiger partial charge in [0.25, 0.3) is 5.91 Å². The molecule has 0 saturated heterocycles. The SMILES string of the molecule is C[C@@](F)(NC(=O)c1cccnc1)c1ccc(F)cc1. The molecule has 1 aromatic carbocycles. The van der Waals surface area contributed by atoms with Gasteiger partial charge >= 0.3 is 0 Å². The Balaban J connectivity index is 2.17. The molecule has 0 unspecified atom stereocenters. The van der Waals surface area contributed by atoms with Crippen LogP contribution in [0, 0.1) is 5.82 Å². The largest absolute Gasteiger partial charge is 0.316 e. The van der Waals surface area contributed by atoms with Gasteiger partial charge in [0.05, 0.1) is 5.56 Å². The zero-order valence-corrected chi connectivity index (χ0v) is 10.2. The summed E-state index contributed by atoms with van der Waals surface area (Å²) in [5, 5.41) is 2.24. The highest BCUT2D eigenvalue weighted by atomic mass is 19.1. The van der Waals surface area contributed by atoms with Gasteiger partial charge in [0.2, 0.25) is 5.79 Å². The van der Waals surface area contributed by atoms with Crippen molar-refractivity contribution in [3.8, 4) is 0 Å². The van der Waals surface area contributed by atoms with Gasteiger partial charge in [0.1, 0.15) is 5.82 Å². The molecule has 98 valence electrons. The van der Waals surface area contributed by atoms with Crippen molar-refractivity contribution in [3.63, 3.8) is 0 Å². The Morgan fingerprint density at radius 2 is 1.95 bits per heavy atom. The van der Waals surface area contributed by atoms with Gasteiger partial charge < -0.3 is 5.32 Å². The van der Waals surface area contributed by atoms with Crippen molar-refractivity contribution in [2.24, 2.45) is 0 Å². The molecule has 2 aromatic rings. The zero-order valence-electron chi connectivity index (χ0n) is 10.2. The van der Waals surface area contributed by atoms with Gasteiger partial charge in [0, 0.05) is 18.0 Å². The molecule has 1 amide bonds. The first-order valence-corrected chi connectivity index (χ1v) is 5.66. The molecule has 1 aromatic heterocycles. The van der Waals surface area contributed by atoms with Crippen molar-refractivity contribution in [3.05, 3.63) is 65.7 Å². The molecule has 0 bridgehead atoms. The van der Waals surface area contributed by atoms with Crippen molar-refractivity contribution >= 4 is 5.91 Å². The molecule has 0 radical (unpaired) electrons. The lowest BCUT2D eigenvalue weighted by atomic mass is 10.1. The molecule has 0 aliphatic carbocycles. The Bertz CT molecular complexity index is 568. The van der Waals surface area contributed by atoms with Crippen molar-refractivity contribution in [2.75, 3.05) is 0 Å². The van der Waals surface area contributed by atoms with Crippen LogP contribution < -0.4 is 5.32 Å². The minimum atomic E-state index is -2.08. The van der Waals surface area contributed by atoms with E-state index >= 15 is 0 Å². The molecule has 0 saturated carbocycles. The fraction of sp³-hybridized carbons (Fsp3) is 0.143. The van der Waals surface area contributed by atoms with E-state index in [-0.39, 0.29) is 11.1 Å². The van der Waals surface area contributed by atoms with Gasteiger partial charge in [-0.2, -0.15) is 0 Å². The lowest BCUT2D eigenvalue weighted by molar-refractivity contribution is 0.0752. The molecule has 1 heterocycles. The third-order valence-electron chi connectivity index (χ3n) is 2.66. The number of hydrogen-bond donors (Lipinski definition) is 1. The Kier molecular flexibility index (Phi) is 3.55. The standard InChI is InChI=1S/C14H12F2N2O/c1-14(16,11-4-6-12(15)7-5-11)18-13(19)10-3-2-8-17-9-10/h2-9H,1H3,(H,18,19)/t14-/m1/s1. The monoisotopic (exact) mass is 262 g/mol. The number of pyridine rings is 1. The molecule has 1 atom stereocenters. The molecule has 1 N–H and O–H groups in total. The van der Waals surface area contributed by atoms with Crippen LogP contribution in [0.3, 0.4) is 0 Å². The summed E-state index contributed by atoms with van der Waals surface area (Å²) in [5.74, 6) is -3.12. The number of nitrogens with one attached hydrogen (secondary N) is 1. The second-order valence-electron chi connectivity index (χ2n) is 4.21. The number of amides is 1. The zero-order chi connectivity index (χ0) is 13.9. The van der Waals surface area contributed by atoms with Gasteiger partial charge in [0.15, 0.2) is 0 Å². The molecule has 0 spiro atoms. The summed E-state index contributed by atoms with van der Waals surface area (Å²) in [7, 11) is 0. The molecular weight excluding hydrogens is 250 g/mol. The lowest BCUT2D eigenvalue weighted by Gasteiger charge is -2.22. The van der Waals surface area contributed by atoms with Crippen LogP contribution in [0.15, 0.2) is 48.8 Å². The number of carbonyl (C=O) groups excluding carboxylic acids is 1. The average Bonchev–Trinajstić information content (AvgIpc) is 2.40. The lowest BCUT2D eigenvalue weighted by Crippen LogP contribution is -2.39. The van der Waals surface area contributed by atoms with Crippen LogP contribution in [-0.4, -0.2) is 10.9 Å². The molecule has 3 nitrogen and oxygen atoms in total. The van der Waals surface area contributed by atoms with E-state index < -0.39 is 17.5 Å². The first kappa shape index (κ1) is 13.1. The Hall–Kier alpha value is -2.30. The highest BCUT2D eigenvalue weighted by molar-refractivity contribution is 5.94. The third-order valence-corrected chi connectivity index (χ3v) is 2.66. The smallest absolute Gasteiger partial charge is 0.255 e. The summed E-state index contributed by atoms with van der Waals surface area (Å²) in [6, 6.07) is 7.98. The van der Waals surface area contributed by atoms with E-state index in [0.29, 0.717) is 0 Å². The fourth-order valence-corrected chi connectivity index (χ4v) is 1.62. The Morgan fingerprint density at radius 1 is 1.26 bits per heavy atom. The first-order valence-electron chi connectivity index (χ1n) is 5.66. The summed E-state index contributed by atoms with van der Waals surface area (Å²) in [4.78, 5) is 15.6. The molecular formula is C14H12F2N2O. The highest BCUT2D eigenvalue weighted by Gasteiger charge is 2.28. The number of benzene rings is 1. The number of carbonyl (C=O) groups is 1. The van der Waals surface area contributed by atoms with Gasteiger partial charge in [-0.1, -0.05) is 12.1 Å². The minimum Gasteiger partial charge on any atom is -0.316 e. The molecule has 19 heavy (non-hydrogen) atoms. The van der Waals surface area contributed by atoms with Gasteiger partial charge in [-0.15, -0.1) is 0 Å². The average molecular weight is 262 g/mol. The summed E-state index contributed by atoms with van der Waals surface area (Å²) in [6.07, 6.45) is 2.86. The summed E-state index contributed by atoms with van der Waals surface area (Å²) in [5.41, 5.74) is 0.430. The van der Waals surface area contributed by atoms with E-state index in [9.17, 15) is 13.6 Å². The van der Waals surface area contributed by atoms with Crippen molar-refractivity contribution in [1.82, 2.24) is 10.3 Å². The van der Waals surface area contributed by atoms with Crippen LogP contribution in [0.4, 0.5) is 8.78 Å². The molecule has 5 heteroatoms. The van der Waals surface area contributed by atoms with Gasteiger partial charge in [-0.05, 0) is 31.2 Å². The maximum Gasteiger partial charge on any atom is 0.255 e. The fourth-order valence-electron chi connectivity index (χ4n) is 1.62. The van der Waals surface area contributed by atoms with Gasteiger partial charge in [-0.25, -0.2) is 8.78 Å². The quantitative estimate of drug-likeness (QED) is 0.864. The minimum absolute atomic E-state index is 0.172. The number of aromatic nitrogens is 1. The van der Waals surface area contributed by atoms with E-state index in [1.807, 2.05) is 0 Å². The third kappa shape index (κ3) is 3.13. The summed E-state index contributed by atoms with van der Waals surface area (Å²) in [6.45, 7) is 1.20. The number of hydrogen-bond acceptors (Lipinski definition) is 2. The second kappa shape index (κ2) is 5.14. The number of alkyl halides is 1. The second-order valence-corrected chi connectivity index (χ2v) is 4.21. The Morgan fingerprint density at radius 3 is 2.53 bits per heavy atom. The number of halogens is 2. The van der Waals surface area contributed by atoms with E-state index in [2.05, 4.69) is 10.3 Å². The number of rotatable bonds is 3. The van der Waals surface area contributed by atoms with Crippen LogP contribution in [0.2, 0.25) is 0 Å². The maximum absolute atomic E-state index is 14.4. The summed E-state index contributed by atoms with van der Waals surface area (Å²) < 4.78 is 27.2. The van der Waals surface area contributed by atoms with Crippen molar-refractivity contribution < 1.29 is 13.6 Å². The molecule has 0 fully saturated rings. The summed E-state index contributed by atoms with van der Waals surface area (Å²) >= 11 is 0. The maximum atomic E-state index is 14.4. The van der Waals surface area contributed by atoms with Crippen LogP contribution in [0.25, 0.3) is 0 Å². The highest BCUT2D eigenvalue weighted by Crippen LogP contribution is 2.23. The predicted molar refractivity (Wildman–Crippen MR) is 66.6 cm³/mol. The van der Waals surface area contributed by atoms with Crippen LogP contribution >= 0.6 is 0 Å². The topological polar surface area (TPSA) is 42.0 Å².